The molecular weight excluding hydrogens is 358 g/mol. The van der Waals surface area contributed by atoms with Crippen molar-refractivity contribution in [2.24, 2.45) is 0 Å². The van der Waals surface area contributed by atoms with E-state index in [4.69, 9.17) is 4.98 Å². The molecule has 0 saturated carbocycles. The molecule has 1 amide bonds. The first-order chi connectivity index (χ1) is 14.3. The van der Waals surface area contributed by atoms with Gasteiger partial charge in [-0.1, -0.05) is 72.8 Å². The predicted molar refractivity (Wildman–Crippen MR) is 114 cm³/mol. The Bertz CT molecular complexity index is 1130. The van der Waals surface area contributed by atoms with Crippen LogP contribution in [-0.4, -0.2) is 26.9 Å². The summed E-state index contributed by atoms with van der Waals surface area (Å²) >= 11 is 0. The number of imidazole rings is 1. The largest absolute Gasteiger partial charge is 0.338 e. The number of nitrogens with zero attached hydrogens (tertiary/aromatic N) is 3. The van der Waals surface area contributed by atoms with Gasteiger partial charge in [-0.25, -0.2) is 4.98 Å². The van der Waals surface area contributed by atoms with E-state index in [2.05, 4.69) is 59.2 Å². The van der Waals surface area contributed by atoms with E-state index < -0.39 is 0 Å². The van der Waals surface area contributed by atoms with Crippen LogP contribution < -0.4 is 0 Å². The molecule has 1 fully saturated rings. The number of likely N-dealkylation sites (tertiary alicyclic amines) is 1. The summed E-state index contributed by atoms with van der Waals surface area (Å²) in [5.74, 6) is 1.33. The smallest absolute Gasteiger partial charge is 0.223 e. The van der Waals surface area contributed by atoms with Gasteiger partial charge in [0.1, 0.15) is 5.82 Å². The molecule has 5 rings (SSSR count). The molecular formula is C25H23N3O. The zero-order valence-corrected chi connectivity index (χ0v) is 16.2. The number of carbonyl (C=O) groups is 1. The van der Waals surface area contributed by atoms with E-state index in [1.807, 2.05) is 35.2 Å². The van der Waals surface area contributed by atoms with E-state index in [0.717, 1.165) is 23.4 Å². The molecule has 0 radical (unpaired) electrons. The molecule has 3 aromatic carbocycles. The van der Waals surface area contributed by atoms with Gasteiger partial charge in [-0.15, -0.1) is 0 Å². The summed E-state index contributed by atoms with van der Waals surface area (Å²) in [6.07, 6.45) is 0.519. The number of rotatable bonds is 5. The van der Waals surface area contributed by atoms with E-state index >= 15 is 0 Å². The van der Waals surface area contributed by atoms with Gasteiger partial charge in [0, 0.05) is 32.0 Å². The molecule has 1 aliphatic heterocycles. The number of hydrogen-bond donors (Lipinski definition) is 0. The molecule has 29 heavy (non-hydrogen) atoms. The Hall–Kier alpha value is -3.40. The zero-order chi connectivity index (χ0) is 19.6. The highest BCUT2D eigenvalue weighted by Crippen LogP contribution is 2.31. The first-order valence-corrected chi connectivity index (χ1v) is 10.1. The van der Waals surface area contributed by atoms with Gasteiger partial charge in [0.15, 0.2) is 0 Å². The van der Waals surface area contributed by atoms with Crippen LogP contribution in [0.1, 0.15) is 29.3 Å². The molecule has 4 aromatic rings. The quantitative estimate of drug-likeness (QED) is 0.507. The molecule has 0 spiro atoms. The van der Waals surface area contributed by atoms with Crippen LogP contribution in [-0.2, 0) is 17.9 Å². The van der Waals surface area contributed by atoms with Crippen molar-refractivity contribution >= 4 is 16.9 Å². The summed E-state index contributed by atoms with van der Waals surface area (Å²) < 4.78 is 2.29. The maximum absolute atomic E-state index is 12.7. The highest BCUT2D eigenvalue weighted by molar-refractivity contribution is 5.81. The lowest BCUT2D eigenvalue weighted by Crippen LogP contribution is -2.24. The van der Waals surface area contributed by atoms with Crippen LogP contribution in [0.15, 0.2) is 84.9 Å². The molecule has 4 heteroatoms. The fraction of sp³-hybridized carbons (Fsp3) is 0.200. The minimum absolute atomic E-state index is 0.113. The van der Waals surface area contributed by atoms with Gasteiger partial charge in [0.2, 0.25) is 5.91 Å². The summed E-state index contributed by atoms with van der Waals surface area (Å²) in [6, 6.07) is 28.9. The standard InChI is InChI=1S/C25H23N3O/c29-24-15-21(18-27(24)16-19-9-3-1-4-10-19)25-26-22-13-7-8-14-23(22)28(25)17-20-11-5-2-6-12-20/h1-14,21H,15-18H2/t21-/m0/s1. The Morgan fingerprint density at radius 1 is 0.793 bits per heavy atom. The fourth-order valence-electron chi connectivity index (χ4n) is 4.24. The number of fused-ring (bicyclic) bond motifs is 1. The second-order valence-corrected chi connectivity index (χ2v) is 7.69. The normalized spacial score (nSPS) is 16.6. The molecule has 1 saturated heterocycles. The minimum atomic E-state index is 0.113. The predicted octanol–water partition coefficient (Wildman–Crippen LogP) is 4.60. The lowest BCUT2D eigenvalue weighted by molar-refractivity contribution is -0.128. The van der Waals surface area contributed by atoms with Crippen molar-refractivity contribution in [2.75, 3.05) is 6.54 Å². The monoisotopic (exact) mass is 381 g/mol. The SMILES string of the molecule is O=C1C[C@H](c2nc3ccccc3n2Cc2ccccc2)CN1Cc1ccccc1. The van der Waals surface area contributed by atoms with Gasteiger partial charge in [0.25, 0.3) is 0 Å². The first-order valence-electron chi connectivity index (χ1n) is 10.1. The van der Waals surface area contributed by atoms with Crippen LogP contribution in [0.5, 0.6) is 0 Å². The molecule has 0 N–H and O–H groups in total. The van der Waals surface area contributed by atoms with Gasteiger partial charge >= 0.3 is 0 Å². The number of carbonyl (C=O) groups excluding carboxylic acids is 1. The maximum atomic E-state index is 12.7. The Morgan fingerprint density at radius 2 is 1.41 bits per heavy atom. The average Bonchev–Trinajstić information content (AvgIpc) is 3.30. The third-order valence-electron chi connectivity index (χ3n) is 5.66. The van der Waals surface area contributed by atoms with E-state index in [1.54, 1.807) is 0 Å². The highest BCUT2D eigenvalue weighted by Gasteiger charge is 2.33. The maximum Gasteiger partial charge on any atom is 0.223 e. The summed E-state index contributed by atoms with van der Waals surface area (Å²) in [6.45, 7) is 2.14. The minimum Gasteiger partial charge on any atom is -0.338 e. The van der Waals surface area contributed by atoms with E-state index in [-0.39, 0.29) is 11.8 Å². The van der Waals surface area contributed by atoms with Crippen molar-refractivity contribution in [1.82, 2.24) is 14.5 Å². The van der Waals surface area contributed by atoms with Crippen LogP contribution in [0.4, 0.5) is 0 Å². The Labute approximate surface area is 170 Å². The molecule has 1 atom stereocenters. The van der Waals surface area contributed by atoms with Crippen LogP contribution in [0.2, 0.25) is 0 Å². The van der Waals surface area contributed by atoms with Gasteiger partial charge in [0.05, 0.1) is 11.0 Å². The third-order valence-corrected chi connectivity index (χ3v) is 5.66. The van der Waals surface area contributed by atoms with Crippen LogP contribution in [0.3, 0.4) is 0 Å². The van der Waals surface area contributed by atoms with Crippen molar-refractivity contribution < 1.29 is 4.79 Å². The third kappa shape index (κ3) is 3.54. The summed E-state index contributed by atoms with van der Waals surface area (Å²) in [5.41, 5.74) is 4.52. The van der Waals surface area contributed by atoms with Gasteiger partial charge < -0.3 is 9.47 Å². The lowest BCUT2D eigenvalue weighted by Gasteiger charge is -2.17. The fourth-order valence-corrected chi connectivity index (χ4v) is 4.24. The van der Waals surface area contributed by atoms with Crippen molar-refractivity contribution in [3.8, 4) is 0 Å². The molecule has 4 nitrogen and oxygen atoms in total. The summed E-state index contributed by atoms with van der Waals surface area (Å²) in [7, 11) is 0. The number of para-hydroxylation sites is 2. The van der Waals surface area contributed by atoms with Gasteiger partial charge in [-0.3, -0.25) is 4.79 Å². The van der Waals surface area contributed by atoms with Crippen LogP contribution in [0, 0.1) is 0 Å². The lowest BCUT2D eigenvalue weighted by atomic mass is 10.1. The second kappa shape index (κ2) is 7.55. The van der Waals surface area contributed by atoms with E-state index in [1.165, 1.54) is 11.1 Å². The van der Waals surface area contributed by atoms with E-state index in [9.17, 15) is 4.79 Å². The van der Waals surface area contributed by atoms with Crippen molar-refractivity contribution in [2.45, 2.75) is 25.4 Å². The van der Waals surface area contributed by atoms with Crippen molar-refractivity contribution in [3.05, 3.63) is 102 Å². The first kappa shape index (κ1) is 17.7. The molecule has 0 aliphatic carbocycles. The Morgan fingerprint density at radius 3 is 2.14 bits per heavy atom. The molecule has 1 aromatic heterocycles. The van der Waals surface area contributed by atoms with Gasteiger partial charge in [-0.2, -0.15) is 0 Å². The zero-order valence-electron chi connectivity index (χ0n) is 16.2. The topological polar surface area (TPSA) is 38.1 Å². The number of hydrogen-bond acceptors (Lipinski definition) is 2. The van der Waals surface area contributed by atoms with Crippen molar-refractivity contribution in [3.63, 3.8) is 0 Å². The summed E-state index contributed by atoms with van der Waals surface area (Å²) in [5, 5.41) is 0. The van der Waals surface area contributed by atoms with Gasteiger partial charge in [-0.05, 0) is 23.3 Å². The average molecular weight is 381 g/mol. The number of amides is 1. The molecule has 0 unspecified atom stereocenters. The molecule has 0 bridgehead atoms. The van der Waals surface area contributed by atoms with Crippen molar-refractivity contribution in [1.29, 1.82) is 0 Å². The Kier molecular flexibility index (Phi) is 4.60. The molecule has 1 aliphatic rings. The number of benzene rings is 3. The summed E-state index contributed by atoms with van der Waals surface area (Å²) in [4.78, 5) is 19.7. The second-order valence-electron chi connectivity index (χ2n) is 7.69. The van der Waals surface area contributed by atoms with Crippen LogP contribution >= 0.6 is 0 Å². The molecule has 144 valence electrons. The highest BCUT2D eigenvalue weighted by atomic mass is 16.2. The van der Waals surface area contributed by atoms with E-state index in [0.29, 0.717) is 19.5 Å². The van der Waals surface area contributed by atoms with Crippen LogP contribution in [0.25, 0.3) is 11.0 Å². The molecule has 2 heterocycles. The Balaban J connectivity index is 1.47. The number of aromatic nitrogens is 2.